The molecule has 0 unspecified atom stereocenters. The third kappa shape index (κ3) is 2.20. The van der Waals surface area contributed by atoms with Crippen molar-refractivity contribution in [2.75, 3.05) is 5.73 Å². The molecule has 0 atom stereocenters. The minimum Gasteiger partial charge on any atom is -0.382 e. The summed E-state index contributed by atoms with van der Waals surface area (Å²) in [6.45, 7) is 4.26. The molecule has 3 N–H and O–H groups in total. The first kappa shape index (κ1) is 13.2. The number of aromatic nitrogens is 2. The second-order valence-corrected chi connectivity index (χ2v) is 6.17. The van der Waals surface area contributed by atoms with Gasteiger partial charge >= 0.3 is 0 Å². The second kappa shape index (κ2) is 4.94. The number of benzene rings is 2. The first-order chi connectivity index (χ1) is 9.56. The lowest BCUT2D eigenvalue weighted by Gasteiger charge is -2.08. The zero-order valence-corrected chi connectivity index (χ0v) is 13.0. The Balaban J connectivity index is 2.18. The van der Waals surface area contributed by atoms with Crippen LogP contribution in [0.5, 0.6) is 0 Å². The highest BCUT2D eigenvalue weighted by Crippen LogP contribution is 2.33. The molecule has 0 saturated carbocycles. The molecule has 20 heavy (non-hydrogen) atoms. The van der Waals surface area contributed by atoms with Gasteiger partial charge in [0.25, 0.3) is 0 Å². The predicted octanol–water partition coefficient (Wildman–Crippen LogP) is 4.70. The predicted molar refractivity (Wildman–Crippen MR) is 87.7 cm³/mol. The standard InChI is InChI=1S/C16H16BrN3/c1-9(2)14-15(19-20-16(14)18)12-4-3-11-8-13(17)6-5-10(11)7-12/h3-9H,1-2H3,(H3,18,19,20). The molecule has 102 valence electrons. The maximum absolute atomic E-state index is 5.96. The lowest BCUT2D eigenvalue weighted by Crippen LogP contribution is -1.95. The molecule has 3 rings (SSSR count). The minimum atomic E-state index is 0.337. The summed E-state index contributed by atoms with van der Waals surface area (Å²) in [4.78, 5) is 0. The van der Waals surface area contributed by atoms with E-state index in [1.807, 2.05) is 0 Å². The van der Waals surface area contributed by atoms with Crippen molar-refractivity contribution < 1.29 is 0 Å². The molecule has 2 aromatic carbocycles. The van der Waals surface area contributed by atoms with Crippen LogP contribution < -0.4 is 5.73 Å². The molecule has 0 aliphatic rings. The number of nitrogen functional groups attached to an aromatic ring is 1. The molecule has 0 aliphatic heterocycles. The molecule has 0 bridgehead atoms. The Labute approximate surface area is 126 Å². The Kier molecular flexibility index (Phi) is 3.26. The van der Waals surface area contributed by atoms with Gasteiger partial charge in [0.1, 0.15) is 5.82 Å². The Morgan fingerprint density at radius 3 is 2.55 bits per heavy atom. The number of hydrogen-bond donors (Lipinski definition) is 2. The van der Waals surface area contributed by atoms with Crippen LogP contribution in [0.15, 0.2) is 40.9 Å². The number of H-pyrrole nitrogens is 1. The van der Waals surface area contributed by atoms with Crippen LogP contribution in [0.25, 0.3) is 22.0 Å². The fraction of sp³-hybridized carbons (Fsp3) is 0.188. The summed E-state index contributed by atoms with van der Waals surface area (Å²) >= 11 is 3.50. The fourth-order valence-electron chi connectivity index (χ4n) is 2.54. The summed E-state index contributed by atoms with van der Waals surface area (Å²) in [5, 5.41) is 9.63. The average molecular weight is 330 g/mol. The number of rotatable bonds is 2. The van der Waals surface area contributed by atoms with E-state index in [-0.39, 0.29) is 0 Å². The topological polar surface area (TPSA) is 54.7 Å². The van der Waals surface area contributed by atoms with Crippen molar-refractivity contribution >= 4 is 32.5 Å². The van der Waals surface area contributed by atoms with Crippen LogP contribution in [-0.2, 0) is 0 Å². The van der Waals surface area contributed by atoms with Crippen LogP contribution in [0, 0.1) is 0 Å². The zero-order valence-electron chi connectivity index (χ0n) is 11.4. The van der Waals surface area contributed by atoms with Gasteiger partial charge in [-0.3, -0.25) is 5.10 Å². The molecule has 1 heterocycles. The van der Waals surface area contributed by atoms with Crippen molar-refractivity contribution in [1.29, 1.82) is 0 Å². The van der Waals surface area contributed by atoms with Crippen LogP contribution >= 0.6 is 15.9 Å². The summed E-state index contributed by atoms with van der Waals surface area (Å²) in [5.41, 5.74) is 9.18. The second-order valence-electron chi connectivity index (χ2n) is 5.26. The fourth-order valence-corrected chi connectivity index (χ4v) is 2.92. The van der Waals surface area contributed by atoms with Crippen molar-refractivity contribution in [3.63, 3.8) is 0 Å². The molecule has 0 radical (unpaired) electrons. The zero-order chi connectivity index (χ0) is 14.3. The van der Waals surface area contributed by atoms with Crippen molar-refractivity contribution in [2.24, 2.45) is 0 Å². The van der Waals surface area contributed by atoms with Gasteiger partial charge in [0.15, 0.2) is 0 Å². The van der Waals surface area contributed by atoms with E-state index in [4.69, 9.17) is 5.73 Å². The van der Waals surface area contributed by atoms with Crippen LogP contribution in [0.1, 0.15) is 25.3 Å². The molecule has 3 aromatic rings. The van der Waals surface area contributed by atoms with E-state index in [9.17, 15) is 0 Å². The summed E-state index contributed by atoms with van der Waals surface area (Å²) in [5.74, 6) is 0.926. The number of anilines is 1. The lowest BCUT2D eigenvalue weighted by molar-refractivity contribution is 0.873. The highest BCUT2D eigenvalue weighted by Gasteiger charge is 2.15. The van der Waals surface area contributed by atoms with E-state index in [0.29, 0.717) is 11.7 Å². The number of nitrogens with zero attached hydrogens (tertiary/aromatic N) is 1. The third-order valence-electron chi connectivity index (χ3n) is 3.50. The maximum Gasteiger partial charge on any atom is 0.149 e. The largest absolute Gasteiger partial charge is 0.382 e. The number of nitrogens with two attached hydrogens (primary N) is 1. The molecular weight excluding hydrogens is 314 g/mol. The highest BCUT2D eigenvalue weighted by atomic mass is 79.9. The lowest BCUT2D eigenvalue weighted by atomic mass is 9.97. The Morgan fingerprint density at radius 1 is 1.10 bits per heavy atom. The van der Waals surface area contributed by atoms with Gasteiger partial charge < -0.3 is 5.73 Å². The normalized spacial score (nSPS) is 11.4. The Hall–Kier alpha value is -1.81. The van der Waals surface area contributed by atoms with E-state index in [2.05, 4.69) is 76.4 Å². The maximum atomic E-state index is 5.96. The summed E-state index contributed by atoms with van der Waals surface area (Å²) in [6, 6.07) is 12.7. The van der Waals surface area contributed by atoms with E-state index in [1.54, 1.807) is 0 Å². The number of halogens is 1. The van der Waals surface area contributed by atoms with Gasteiger partial charge in [0, 0.05) is 15.6 Å². The molecule has 0 fully saturated rings. The molecule has 4 heteroatoms. The van der Waals surface area contributed by atoms with E-state index < -0.39 is 0 Å². The summed E-state index contributed by atoms with van der Waals surface area (Å²) < 4.78 is 1.09. The van der Waals surface area contributed by atoms with Crippen molar-refractivity contribution in [3.8, 4) is 11.3 Å². The summed E-state index contributed by atoms with van der Waals surface area (Å²) in [7, 11) is 0. The molecule has 0 saturated heterocycles. The van der Waals surface area contributed by atoms with Gasteiger partial charge in [-0.1, -0.05) is 48.0 Å². The van der Waals surface area contributed by atoms with E-state index in [1.165, 1.54) is 10.8 Å². The molecule has 1 aromatic heterocycles. The first-order valence-electron chi connectivity index (χ1n) is 6.59. The highest BCUT2D eigenvalue weighted by molar-refractivity contribution is 9.10. The van der Waals surface area contributed by atoms with Crippen molar-refractivity contribution in [2.45, 2.75) is 19.8 Å². The number of fused-ring (bicyclic) bond motifs is 1. The van der Waals surface area contributed by atoms with E-state index >= 15 is 0 Å². The third-order valence-corrected chi connectivity index (χ3v) is 4.00. The Bertz CT molecular complexity index is 774. The van der Waals surface area contributed by atoms with Gasteiger partial charge in [-0.25, -0.2) is 0 Å². The smallest absolute Gasteiger partial charge is 0.149 e. The van der Waals surface area contributed by atoms with Crippen LogP contribution in [-0.4, -0.2) is 10.2 Å². The van der Waals surface area contributed by atoms with Gasteiger partial charge in [-0.2, -0.15) is 5.10 Å². The average Bonchev–Trinajstić information content (AvgIpc) is 2.80. The van der Waals surface area contributed by atoms with Crippen molar-refractivity contribution in [1.82, 2.24) is 10.2 Å². The molecule has 0 spiro atoms. The SMILES string of the molecule is CC(C)c1c(N)n[nH]c1-c1ccc2cc(Br)ccc2c1. The molecular formula is C16H16BrN3. The quantitative estimate of drug-likeness (QED) is 0.716. The van der Waals surface area contributed by atoms with Crippen LogP contribution in [0.3, 0.4) is 0 Å². The monoisotopic (exact) mass is 329 g/mol. The number of hydrogen-bond acceptors (Lipinski definition) is 2. The van der Waals surface area contributed by atoms with Crippen molar-refractivity contribution in [3.05, 3.63) is 46.4 Å². The van der Waals surface area contributed by atoms with E-state index in [0.717, 1.165) is 21.3 Å². The van der Waals surface area contributed by atoms with Crippen LogP contribution in [0.4, 0.5) is 5.82 Å². The van der Waals surface area contributed by atoms with Gasteiger partial charge in [-0.05, 0) is 34.9 Å². The van der Waals surface area contributed by atoms with Gasteiger partial charge in [0.05, 0.1) is 5.69 Å². The minimum absolute atomic E-state index is 0.337. The van der Waals surface area contributed by atoms with Gasteiger partial charge in [-0.15, -0.1) is 0 Å². The molecule has 3 nitrogen and oxygen atoms in total. The van der Waals surface area contributed by atoms with Crippen LogP contribution in [0.2, 0.25) is 0 Å². The van der Waals surface area contributed by atoms with Gasteiger partial charge in [0.2, 0.25) is 0 Å². The first-order valence-corrected chi connectivity index (χ1v) is 7.39. The summed E-state index contributed by atoms with van der Waals surface area (Å²) in [6.07, 6.45) is 0. The number of aromatic amines is 1. The molecule has 0 amide bonds. The Morgan fingerprint density at radius 2 is 1.80 bits per heavy atom. The number of nitrogens with one attached hydrogen (secondary N) is 1. The molecule has 0 aliphatic carbocycles.